The molecule has 1 atom stereocenters. The summed E-state index contributed by atoms with van der Waals surface area (Å²) in [6.07, 6.45) is 0. The lowest BCUT2D eigenvalue weighted by atomic mass is 10.2. The van der Waals surface area contributed by atoms with E-state index in [9.17, 15) is 9.59 Å². The van der Waals surface area contributed by atoms with Gasteiger partial charge in [-0.25, -0.2) is 0 Å². The molecule has 0 radical (unpaired) electrons. The smallest absolute Gasteiger partial charge is 0.307 e. The van der Waals surface area contributed by atoms with Gasteiger partial charge in [-0.15, -0.1) is 0 Å². The first kappa shape index (κ1) is 17.8. The molecule has 21 heavy (non-hydrogen) atoms. The number of halogens is 2. The van der Waals surface area contributed by atoms with Gasteiger partial charge in [0, 0.05) is 6.54 Å². The molecule has 2 N–H and O–H groups in total. The molecule has 116 valence electrons. The summed E-state index contributed by atoms with van der Waals surface area (Å²) < 4.78 is 0. The zero-order chi connectivity index (χ0) is 16.2. The van der Waals surface area contributed by atoms with Crippen LogP contribution in [0.25, 0.3) is 0 Å². The van der Waals surface area contributed by atoms with Gasteiger partial charge < -0.3 is 10.4 Å². The van der Waals surface area contributed by atoms with Gasteiger partial charge in [-0.2, -0.15) is 0 Å². The maximum Gasteiger partial charge on any atom is 0.307 e. The van der Waals surface area contributed by atoms with E-state index in [1.807, 2.05) is 6.92 Å². The van der Waals surface area contributed by atoms with Crippen molar-refractivity contribution in [1.82, 2.24) is 4.90 Å². The molecule has 1 amide bonds. The Morgan fingerprint density at radius 3 is 2.57 bits per heavy atom. The lowest BCUT2D eigenvalue weighted by molar-refractivity contribution is -0.141. The van der Waals surface area contributed by atoms with Crippen LogP contribution in [-0.4, -0.2) is 42.0 Å². The van der Waals surface area contributed by atoms with Crippen LogP contribution < -0.4 is 5.32 Å². The van der Waals surface area contributed by atoms with Crippen LogP contribution in [0.3, 0.4) is 0 Å². The molecule has 1 aromatic carbocycles. The summed E-state index contributed by atoms with van der Waals surface area (Å²) in [5, 5.41) is 12.3. The van der Waals surface area contributed by atoms with Gasteiger partial charge in [0.1, 0.15) is 0 Å². The Bertz CT molecular complexity index is 549. The van der Waals surface area contributed by atoms with E-state index in [0.717, 1.165) is 5.56 Å². The minimum Gasteiger partial charge on any atom is -0.481 e. The summed E-state index contributed by atoms with van der Waals surface area (Å²) in [5.74, 6) is -1.74. The van der Waals surface area contributed by atoms with Gasteiger partial charge in [-0.3, -0.25) is 14.5 Å². The Morgan fingerprint density at radius 1 is 1.38 bits per heavy atom. The molecular formula is C14H18Cl2N2O3. The fourth-order valence-corrected chi connectivity index (χ4v) is 2.27. The van der Waals surface area contributed by atoms with Crippen molar-refractivity contribution in [2.45, 2.75) is 13.8 Å². The third-order valence-electron chi connectivity index (χ3n) is 2.97. The van der Waals surface area contributed by atoms with Crippen LogP contribution >= 0.6 is 23.2 Å². The van der Waals surface area contributed by atoms with E-state index >= 15 is 0 Å². The summed E-state index contributed by atoms with van der Waals surface area (Å²) in [6, 6.07) is 3.43. The fourth-order valence-electron chi connectivity index (χ4n) is 1.81. The molecule has 0 aliphatic rings. The summed E-state index contributed by atoms with van der Waals surface area (Å²) in [4.78, 5) is 24.4. The molecule has 0 heterocycles. The zero-order valence-electron chi connectivity index (χ0n) is 12.1. The highest BCUT2D eigenvalue weighted by atomic mass is 35.5. The Morgan fingerprint density at radius 2 is 2.00 bits per heavy atom. The van der Waals surface area contributed by atoms with Crippen LogP contribution in [-0.2, 0) is 9.59 Å². The number of carbonyl (C=O) groups excluding carboxylic acids is 1. The number of benzene rings is 1. The van der Waals surface area contributed by atoms with Crippen LogP contribution in [0.2, 0.25) is 10.0 Å². The molecule has 0 aromatic heterocycles. The van der Waals surface area contributed by atoms with E-state index in [2.05, 4.69) is 5.32 Å². The SMILES string of the molecule is Cc1ccc(Cl)c(NC(=O)CN(C)CC(C)C(=O)O)c1Cl. The first-order chi connectivity index (χ1) is 9.72. The minimum atomic E-state index is -0.896. The van der Waals surface area contributed by atoms with Crippen LogP contribution in [0, 0.1) is 12.8 Å². The van der Waals surface area contributed by atoms with Gasteiger partial charge in [0.25, 0.3) is 0 Å². The molecule has 0 bridgehead atoms. The Kier molecular flexibility index (Phi) is 6.45. The number of aryl methyl sites for hydroxylation is 1. The molecule has 7 heteroatoms. The standard InChI is InChI=1S/C14H18Cl2N2O3/c1-8-4-5-10(15)13(12(8)16)17-11(19)7-18(3)6-9(2)14(20)21/h4-5,9H,6-7H2,1-3H3,(H,17,19)(H,20,21). The van der Waals surface area contributed by atoms with Crippen molar-refractivity contribution in [1.29, 1.82) is 0 Å². The van der Waals surface area contributed by atoms with Gasteiger partial charge in [-0.05, 0) is 25.6 Å². The van der Waals surface area contributed by atoms with Gasteiger partial charge in [-0.1, -0.05) is 36.2 Å². The lowest BCUT2D eigenvalue weighted by Crippen LogP contribution is -2.35. The number of nitrogens with one attached hydrogen (secondary N) is 1. The van der Waals surface area contributed by atoms with Crippen LogP contribution in [0.4, 0.5) is 5.69 Å². The largest absolute Gasteiger partial charge is 0.481 e. The second-order valence-electron chi connectivity index (χ2n) is 5.04. The highest BCUT2D eigenvalue weighted by molar-refractivity contribution is 6.40. The van der Waals surface area contributed by atoms with Crippen molar-refractivity contribution in [2.24, 2.45) is 5.92 Å². The third-order valence-corrected chi connectivity index (χ3v) is 3.77. The van der Waals surface area contributed by atoms with Crippen LogP contribution in [0.15, 0.2) is 12.1 Å². The van der Waals surface area contributed by atoms with Crippen LogP contribution in [0.1, 0.15) is 12.5 Å². The lowest BCUT2D eigenvalue weighted by Gasteiger charge is -2.19. The van der Waals surface area contributed by atoms with E-state index < -0.39 is 11.9 Å². The number of carbonyl (C=O) groups is 2. The number of hydrogen-bond acceptors (Lipinski definition) is 3. The molecule has 0 aliphatic carbocycles. The molecule has 0 aliphatic heterocycles. The molecule has 0 saturated heterocycles. The van der Waals surface area contributed by atoms with E-state index in [1.54, 1.807) is 31.0 Å². The van der Waals surface area contributed by atoms with Gasteiger partial charge >= 0.3 is 5.97 Å². The zero-order valence-corrected chi connectivity index (χ0v) is 13.6. The van der Waals surface area contributed by atoms with Crippen molar-refractivity contribution in [3.8, 4) is 0 Å². The highest BCUT2D eigenvalue weighted by Crippen LogP contribution is 2.32. The van der Waals surface area contributed by atoms with Gasteiger partial charge in [0.15, 0.2) is 0 Å². The molecule has 0 spiro atoms. The van der Waals surface area contributed by atoms with Gasteiger partial charge in [0.05, 0.1) is 28.2 Å². The summed E-state index contributed by atoms with van der Waals surface area (Å²) in [7, 11) is 1.68. The third kappa shape index (κ3) is 5.19. The number of anilines is 1. The molecule has 1 aromatic rings. The quantitative estimate of drug-likeness (QED) is 0.840. The van der Waals surface area contributed by atoms with Crippen molar-refractivity contribution in [3.05, 3.63) is 27.7 Å². The first-order valence-corrected chi connectivity index (χ1v) is 7.13. The van der Waals surface area contributed by atoms with E-state index in [0.29, 0.717) is 15.7 Å². The number of likely N-dealkylation sites (N-methyl/N-ethyl adjacent to an activating group) is 1. The van der Waals surface area contributed by atoms with Crippen molar-refractivity contribution in [2.75, 3.05) is 25.5 Å². The maximum absolute atomic E-state index is 12.0. The molecule has 1 rings (SSSR count). The second-order valence-corrected chi connectivity index (χ2v) is 5.82. The van der Waals surface area contributed by atoms with Crippen molar-refractivity contribution in [3.63, 3.8) is 0 Å². The topological polar surface area (TPSA) is 69.6 Å². The predicted molar refractivity (Wildman–Crippen MR) is 84.1 cm³/mol. The number of amides is 1. The van der Waals surface area contributed by atoms with Crippen molar-refractivity contribution >= 4 is 40.8 Å². The summed E-state index contributed by atoms with van der Waals surface area (Å²) in [5.41, 5.74) is 1.19. The van der Waals surface area contributed by atoms with Gasteiger partial charge in [0.2, 0.25) is 5.91 Å². The van der Waals surface area contributed by atoms with Crippen molar-refractivity contribution < 1.29 is 14.7 Å². The van der Waals surface area contributed by atoms with E-state index in [1.165, 1.54) is 0 Å². The number of carboxylic acids is 1. The number of hydrogen-bond donors (Lipinski definition) is 2. The Labute approximate surface area is 133 Å². The number of carboxylic acid groups (broad SMARTS) is 1. The van der Waals surface area contributed by atoms with Crippen LogP contribution in [0.5, 0.6) is 0 Å². The van der Waals surface area contributed by atoms with E-state index in [4.69, 9.17) is 28.3 Å². The molecule has 0 saturated carbocycles. The molecular weight excluding hydrogens is 315 g/mol. The normalized spacial score (nSPS) is 12.3. The Hall–Kier alpha value is -1.30. The van der Waals surface area contributed by atoms with E-state index in [-0.39, 0.29) is 19.0 Å². The molecule has 1 unspecified atom stereocenters. The monoisotopic (exact) mass is 332 g/mol. The fraction of sp³-hybridized carbons (Fsp3) is 0.429. The first-order valence-electron chi connectivity index (χ1n) is 6.38. The average molecular weight is 333 g/mol. The summed E-state index contributed by atoms with van der Waals surface area (Å²) >= 11 is 12.1. The molecule has 5 nitrogen and oxygen atoms in total. The average Bonchev–Trinajstić information content (AvgIpc) is 2.38. The molecule has 0 fully saturated rings. The Balaban J connectivity index is 2.66. The predicted octanol–water partition coefficient (Wildman–Crippen LogP) is 2.89. The minimum absolute atomic E-state index is 0.0538. The highest BCUT2D eigenvalue weighted by Gasteiger charge is 2.17. The number of aliphatic carboxylic acids is 1. The number of nitrogens with zero attached hydrogens (tertiary/aromatic N) is 1. The summed E-state index contributed by atoms with van der Waals surface area (Å²) in [6.45, 7) is 3.73. The second kappa shape index (κ2) is 7.64. The maximum atomic E-state index is 12.0. The number of rotatable bonds is 6.